The van der Waals surface area contributed by atoms with E-state index in [1.165, 1.54) is 0 Å². The minimum Gasteiger partial charge on any atom is -0.364 e. The van der Waals surface area contributed by atoms with Crippen molar-refractivity contribution in [2.45, 2.75) is 26.2 Å². The third kappa shape index (κ3) is 2.42. The van der Waals surface area contributed by atoms with Gasteiger partial charge in [0, 0.05) is 17.0 Å². The lowest BCUT2D eigenvalue weighted by atomic mass is 9.98. The second kappa shape index (κ2) is 5.04. The van der Waals surface area contributed by atoms with Crippen LogP contribution in [0.1, 0.15) is 30.5 Å². The molecule has 94 valence electrons. The molecular formula is C14H16N2O2. The standard InChI is InChI=1S/C14H16N2O2/c1-9(13-8-18-16-11(13)3)4-5-12-10(2)6-7-15-14(12)17/h5-9H,2,4H2,1,3H3,(H,15,17)/b12-5+. The van der Waals surface area contributed by atoms with Crippen LogP contribution >= 0.6 is 0 Å². The third-order valence-electron chi connectivity index (χ3n) is 3.08. The first-order valence-corrected chi connectivity index (χ1v) is 5.87. The Bertz CT molecular complexity index is 666. The first kappa shape index (κ1) is 12.4. The average molecular weight is 244 g/mol. The summed E-state index contributed by atoms with van der Waals surface area (Å²) in [6, 6.07) is 1.79. The van der Waals surface area contributed by atoms with Crippen LogP contribution in [0.25, 0.3) is 12.7 Å². The van der Waals surface area contributed by atoms with Crippen LogP contribution in [0.2, 0.25) is 0 Å². The fourth-order valence-corrected chi connectivity index (χ4v) is 1.95. The highest BCUT2D eigenvalue weighted by Crippen LogP contribution is 2.21. The highest BCUT2D eigenvalue weighted by atomic mass is 16.5. The zero-order valence-corrected chi connectivity index (χ0v) is 10.6. The van der Waals surface area contributed by atoms with Gasteiger partial charge in [-0.1, -0.05) is 24.7 Å². The highest BCUT2D eigenvalue weighted by Gasteiger charge is 2.10. The number of pyridine rings is 1. The maximum Gasteiger partial charge on any atom is 0.255 e. The molecule has 4 heteroatoms. The van der Waals surface area contributed by atoms with Gasteiger partial charge in [-0.2, -0.15) is 0 Å². The highest BCUT2D eigenvalue weighted by molar-refractivity contribution is 5.29. The number of H-pyrrole nitrogens is 1. The largest absolute Gasteiger partial charge is 0.364 e. The van der Waals surface area contributed by atoms with Crippen LogP contribution in [0.5, 0.6) is 0 Å². The Morgan fingerprint density at radius 2 is 2.39 bits per heavy atom. The number of nitrogens with one attached hydrogen (secondary N) is 1. The van der Waals surface area contributed by atoms with Gasteiger partial charge in [-0.3, -0.25) is 4.79 Å². The maximum absolute atomic E-state index is 11.6. The zero-order chi connectivity index (χ0) is 13.1. The van der Waals surface area contributed by atoms with Crippen LogP contribution in [0.4, 0.5) is 0 Å². The number of rotatable bonds is 3. The molecular weight excluding hydrogens is 228 g/mol. The summed E-state index contributed by atoms with van der Waals surface area (Å²) in [5, 5.41) is 5.24. The monoisotopic (exact) mass is 244 g/mol. The van der Waals surface area contributed by atoms with Crippen molar-refractivity contribution < 1.29 is 4.52 Å². The van der Waals surface area contributed by atoms with E-state index in [9.17, 15) is 4.79 Å². The number of hydrogen-bond donors (Lipinski definition) is 1. The van der Waals surface area contributed by atoms with Crippen LogP contribution < -0.4 is 16.0 Å². The van der Waals surface area contributed by atoms with E-state index in [1.807, 2.05) is 13.0 Å². The third-order valence-corrected chi connectivity index (χ3v) is 3.08. The van der Waals surface area contributed by atoms with Crippen LogP contribution in [-0.2, 0) is 0 Å². The van der Waals surface area contributed by atoms with E-state index in [2.05, 4.69) is 23.6 Å². The van der Waals surface area contributed by atoms with Gasteiger partial charge in [-0.15, -0.1) is 0 Å². The second-order valence-corrected chi connectivity index (χ2v) is 4.44. The average Bonchev–Trinajstić information content (AvgIpc) is 2.74. The molecule has 0 saturated carbocycles. The van der Waals surface area contributed by atoms with Crippen molar-refractivity contribution in [3.63, 3.8) is 0 Å². The lowest BCUT2D eigenvalue weighted by Gasteiger charge is -2.05. The topological polar surface area (TPSA) is 58.9 Å². The molecule has 0 aliphatic heterocycles. The van der Waals surface area contributed by atoms with E-state index >= 15 is 0 Å². The number of aryl methyl sites for hydroxylation is 1. The van der Waals surface area contributed by atoms with Gasteiger partial charge < -0.3 is 9.51 Å². The molecule has 2 heterocycles. The van der Waals surface area contributed by atoms with Crippen molar-refractivity contribution in [1.29, 1.82) is 0 Å². The predicted molar refractivity (Wildman–Crippen MR) is 70.6 cm³/mol. The van der Waals surface area contributed by atoms with Crippen LogP contribution in [0.3, 0.4) is 0 Å². The SMILES string of the molecule is C=c1cc[nH]c(=O)/c1=C/CC(C)c1conc1C. The molecule has 1 N–H and O–H groups in total. The van der Waals surface area contributed by atoms with Gasteiger partial charge in [0.05, 0.1) is 5.69 Å². The normalized spacial score (nSPS) is 13.8. The Labute approximate surface area is 105 Å². The fourth-order valence-electron chi connectivity index (χ4n) is 1.95. The lowest BCUT2D eigenvalue weighted by Crippen LogP contribution is -2.39. The summed E-state index contributed by atoms with van der Waals surface area (Å²) in [4.78, 5) is 14.3. The van der Waals surface area contributed by atoms with Gasteiger partial charge >= 0.3 is 0 Å². The summed E-state index contributed by atoms with van der Waals surface area (Å²) in [6.07, 6.45) is 5.93. The van der Waals surface area contributed by atoms with Crippen LogP contribution in [-0.4, -0.2) is 10.1 Å². The van der Waals surface area contributed by atoms with Gasteiger partial charge in [0.25, 0.3) is 5.56 Å². The Hall–Kier alpha value is -2.10. The van der Waals surface area contributed by atoms with Crippen molar-refractivity contribution in [2.24, 2.45) is 0 Å². The fraction of sp³-hybridized carbons (Fsp3) is 0.286. The summed E-state index contributed by atoms with van der Waals surface area (Å²) in [5.74, 6) is 0.259. The maximum atomic E-state index is 11.6. The minimum absolute atomic E-state index is 0.100. The van der Waals surface area contributed by atoms with E-state index < -0.39 is 0 Å². The number of hydrogen-bond acceptors (Lipinski definition) is 3. The molecule has 1 unspecified atom stereocenters. The molecule has 0 aromatic carbocycles. The Morgan fingerprint density at radius 1 is 1.61 bits per heavy atom. The van der Waals surface area contributed by atoms with Gasteiger partial charge in [-0.05, 0) is 30.5 Å². The second-order valence-electron chi connectivity index (χ2n) is 4.44. The van der Waals surface area contributed by atoms with E-state index in [4.69, 9.17) is 4.52 Å². The van der Waals surface area contributed by atoms with Gasteiger partial charge in [0.1, 0.15) is 6.26 Å². The molecule has 0 saturated heterocycles. The smallest absolute Gasteiger partial charge is 0.255 e. The molecule has 18 heavy (non-hydrogen) atoms. The van der Waals surface area contributed by atoms with Crippen LogP contribution in [0, 0.1) is 6.92 Å². The molecule has 1 atom stereocenters. The number of aromatic nitrogens is 2. The minimum atomic E-state index is -0.100. The Kier molecular flexibility index (Phi) is 3.46. The van der Waals surface area contributed by atoms with E-state index in [-0.39, 0.29) is 11.5 Å². The number of aromatic amines is 1. The van der Waals surface area contributed by atoms with E-state index in [0.29, 0.717) is 5.22 Å². The van der Waals surface area contributed by atoms with Crippen molar-refractivity contribution >= 4 is 12.7 Å². The molecule has 0 spiro atoms. The van der Waals surface area contributed by atoms with Crippen molar-refractivity contribution in [3.8, 4) is 0 Å². The Morgan fingerprint density at radius 3 is 3.00 bits per heavy atom. The summed E-state index contributed by atoms with van der Waals surface area (Å²) in [5.41, 5.74) is 1.87. The lowest BCUT2D eigenvalue weighted by molar-refractivity contribution is 0.414. The molecule has 0 aliphatic rings. The summed E-state index contributed by atoms with van der Waals surface area (Å²) in [6.45, 7) is 7.85. The van der Waals surface area contributed by atoms with Crippen molar-refractivity contribution in [3.05, 3.63) is 50.6 Å². The zero-order valence-electron chi connectivity index (χ0n) is 10.6. The van der Waals surface area contributed by atoms with Crippen LogP contribution in [0.15, 0.2) is 27.8 Å². The number of nitrogens with zero attached hydrogens (tertiary/aromatic N) is 1. The van der Waals surface area contributed by atoms with Crippen molar-refractivity contribution in [1.82, 2.24) is 10.1 Å². The summed E-state index contributed by atoms with van der Waals surface area (Å²) >= 11 is 0. The predicted octanol–water partition coefficient (Wildman–Crippen LogP) is 1.06. The molecule has 0 bridgehead atoms. The molecule has 2 aromatic heterocycles. The van der Waals surface area contributed by atoms with Gasteiger partial charge in [0.15, 0.2) is 0 Å². The first-order chi connectivity index (χ1) is 8.59. The Balaban J connectivity index is 2.29. The molecule has 4 nitrogen and oxygen atoms in total. The molecule has 2 rings (SSSR count). The van der Waals surface area contributed by atoms with Crippen molar-refractivity contribution in [2.75, 3.05) is 0 Å². The molecule has 2 aromatic rings. The summed E-state index contributed by atoms with van der Waals surface area (Å²) < 4.78 is 4.92. The molecule has 0 aliphatic carbocycles. The van der Waals surface area contributed by atoms with Gasteiger partial charge in [-0.25, -0.2) is 0 Å². The van der Waals surface area contributed by atoms with E-state index in [0.717, 1.165) is 22.9 Å². The molecule has 0 radical (unpaired) electrons. The van der Waals surface area contributed by atoms with E-state index in [1.54, 1.807) is 18.5 Å². The summed E-state index contributed by atoms with van der Waals surface area (Å²) in [7, 11) is 0. The molecule has 0 fully saturated rings. The molecule has 0 amide bonds. The quantitative estimate of drug-likeness (QED) is 0.878. The first-order valence-electron chi connectivity index (χ1n) is 5.87. The van der Waals surface area contributed by atoms with Gasteiger partial charge in [0.2, 0.25) is 0 Å².